The summed E-state index contributed by atoms with van der Waals surface area (Å²) in [7, 11) is 1.96. The molecule has 1 aliphatic rings. The molecule has 0 spiro atoms. The average molecular weight is 290 g/mol. The van der Waals surface area contributed by atoms with E-state index in [1.165, 1.54) is 17.5 Å². The van der Waals surface area contributed by atoms with Gasteiger partial charge in [0.25, 0.3) is 0 Å². The fraction of sp³-hybridized carbons (Fsp3) is 0.438. The molecular formula is C16H20ClN3. The summed E-state index contributed by atoms with van der Waals surface area (Å²) in [5.74, 6) is 0.642. The molecule has 1 aromatic carbocycles. The Hall–Kier alpha value is -1.32. The van der Waals surface area contributed by atoms with Crippen molar-refractivity contribution in [3.8, 4) is 0 Å². The van der Waals surface area contributed by atoms with E-state index in [2.05, 4.69) is 41.6 Å². The zero-order chi connectivity index (χ0) is 14.1. The molecule has 1 unspecified atom stereocenters. The van der Waals surface area contributed by atoms with E-state index < -0.39 is 0 Å². The molecule has 0 saturated carbocycles. The molecule has 1 aromatic heterocycles. The number of aromatic nitrogens is 2. The quantitative estimate of drug-likeness (QED) is 0.917. The van der Waals surface area contributed by atoms with Crippen molar-refractivity contribution in [3.05, 3.63) is 51.8 Å². The molecule has 106 valence electrons. The molecule has 1 aliphatic carbocycles. The highest BCUT2D eigenvalue weighted by Crippen LogP contribution is 2.34. The van der Waals surface area contributed by atoms with E-state index in [0.717, 1.165) is 35.9 Å². The number of hydrogen-bond donors (Lipinski definition) is 1. The third-order valence-electron chi connectivity index (χ3n) is 4.15. The number of aryl methyl sites for hydroxylation is 2. The standard InChI is InChI=1S/C16H20ClN3/c1-3-14-16(17)15(20(2)19-14)10-18-9-12-8-11-6-4-5-7-13(11)12/h4-7,12,18H,3,8-10H2,1-2H3. The van der Waals surface area contributed by atoms with Gasteiger partial charge >= 0.3 is 0 Å². The Bertz CT molecular complexity index is 618. The largest absolute Gasteiger partial charge is 0.311 e. The average Bonchev–Trinajstić information content (AvgIpc) is 2.70. The van der Waals surface area contributed by atoms with Gasteiger partial charge in [0.1, 0.15) is 0 Å². The number of halogens is 1. The van der Waals surface area contributed by atoms with Crippen LogP contribution < -0.4 is 5.32 Å². The minimum Gasteiger partial charge on any atom is -0.311 e. The number of hydrogen-bond acceptors (Lipinski definition) is 2. The van der Waals surface area contributed by atoms with Crippen molar-refractivity contribution in [2.75, 3.05) is 6.54 Å². The highest BCUT2D eigenvalue weighted by molar-refractivity contribution is 6.31. The molecule has 0 amide bonds. The first kappa shape index (κ1) is 13.7. The van der Waals surface area contributed by atoms with Crippen LogP contribution in [0.2, 0.25) is 5.02 Å². The second kappa shape index (κ2) is 5.58. The van der Waals surface area contributed by atoms with Crippen LogP contribution in [0.1, 0.15) is 35.4 Å². The van der Waals surface area contributed by atoms with E-state index in [1.807, 2.05) is 11.7 Å². The molecule has 2 aromatic rings. The molecular weight excluding hydrogens is 270 g/mol. The highest BCUT2D eigenvalue weighted by Gasteiger charge is 2.24. The van der Waals surface area contributed by atoms with Crippen molar-refractivity contribution in [3.63, 3.8) is 0 Å². The summed E-state index contributed by atoms with van der Waals surface area (Å²) in [4.78, 5) is 0. The molecule has 0 bridgehead atoms. The number of benzene rings is 1. The summed E-state index contributed by atoms with van der Waals surface area (Å²) in [5, 5.41) is 8.78. The highest BCUT2D eigenvalue weighted by atomic mass is 35.5. The summed E-state index contributed by atoms with van der Waals surface area (Å²) in [6, 6.07) is 8.69. The third-order valence-corrected chi connectivity index (χ3v) is 4.58. The van der Waals surface area contributed by atoms with Crippen LogP contribution in [-0.2, 0) is 26.4 Å². The van der Waals surface area contributed by atoms with Crippen molar-refractivity contribution in [1.82, 2.24) is 15.1 Å². The third kappa shape index (κ3) is 2.36. The van der Waals surface area contributed by atoms with Crippen LogP contribution >= 0.6 is 11.6 Å². The molecule has 1 N–H and O–H groups in total. The van der Waals surface area contributed by atoms with Crippen molar-refractivity contribution >= 4 is 11.6 Å². The van der Waals surface area contributed by atoms with Crippen LogP contribution in [0, 0.1) is 0 Å². The first-order valence-corrected chi connectivity index (χ1v) is 7.57. The summed E-state index contributed by atoms with van der Waals surface area (Å²) < 4.78 is 1.89. The zero-order valence-corrected chi connectivity index (χ0v) is 12.7. The van der Waals surface area contributed by atoms with Gasteiger partial charge in [-0.05, 0) is 24.0 Å². The molecule has 0 saturated heterocycles. The molecule has 0 radical (unpaired) electrons. The van der Waals surface area contributed by atoms with Gasteiger partial charge < -0.3 is 5.32 Å². The van der Waals surface area contributed by atoms with Gasteiger partial charge in [-0.15, -0.1) is 0 Å². The molecule has 0 fully saturated rings. The number of nitrogens with one attached hydrogen (secondary N) is 1. The first-order valence-electron chi connectivity index (χ1n) is 7.19. The fourth-order valence-electron chi connectivity index (χ4n) is 2.92. The van der Waals surface area contributed by atoms with Gasteiger partial charge in [-0.25, -0.2) is 0 Å². The maximum Gasteiger partial charge on any atom is 0.0863 e. The maximum absolute atomic E-state index is 6.35. The lowest BCUT2D eigenvalue weighted by Gasteiger charge is -2.30. The van der Waals surface area contributed by atoms with Crippen LogP contribution in [0.25, 0.3) is 0 Å². The Morgan fingerprint density at radius 3 is 2.90 bits per heavy atom. The predicted octanol–water partition coefficient (Wildman–Crippen LogP) is 3.07. The maximum atomic E-state index is 6.35. The Morgan fingerprint density at radius 1 is 1.40 bits per heavy atom. The molecule has 1 heterocycles. The van der Waals surface area contributed by atoms with Gasteiger partial charge in [0.15, 0.2) is 0 Å². The Balaban J connectivity index is 1.58. The summed E-state index contributed by atoms with van der Waals surface area (Å²) >= 11 is 6.35. The van der Waals surface area contributed by atoms with E-state index in [0.29, 0.717) is 5.92 Å². The van der Waals surface area contributed by atoms with Crippen molar-refractivity contribution in [1.29, 1.82) is 0 Å². The van der Waals surface area contributed by atoms with Gasteiger partial charge in [0.05, 0.1) is 16.4 Å². The smallest absolute Gasteiger partial charge is 0.0863 e. The van der Waals surface area contributed by atoms with E-state index in [9.17, 15) is 0 Å². The summed E-state index contributed by atoms with van der Waals surface area (Å²) in [6.07, 6.45) is 2.06. The molecule has 3 rings (SSSR count). The van der Waals surface area contributed by atoms with Crippen molar-refractivity contribution in [2.24, 2.45) is 7.05 Å². The Morgan fingerprint density at radius 2 is 2.20 bits per heavy atom. The molecule has 20 heavy (non-hydrogen) atoms. The predicted molar refractivity (Wildman–Crippen MR) is 82.2 cm³/mol. The zero-order valence-electron chi connectivity index (χ0n) is 12.0. The van der Waals surface area contributed by atoms with Crippen LogP contribution in [0.3, 0.4) is 0 Å². The second-order valence-corrected chi connectivity index (χ2v) is 5.79. The summed E-state index contributed by atoms with van der Waals surface area (Å²) in [6.45, 7) is 3.86. The van der Waals surface area contributed by atoms with E-state index in [1.54, 1.807) is 0 Å². The Kier molecular flexibility index (Phi) is 3.81. The lowest BCUT2D eigenvalue weighted by molar-refractivity contribution is 0.523. The number of fused-ring (bicyclic) bond motifs is 1. The SMILES string of the molecule is CCc1nn(C)c(CNCC2Cc3ccccc32)c1Cl. The number of rotatable bonds is 5. The van der Waals surface area contributed by atoms with E-state index in [-0.39, 0.29) is 0 Å². The molecule has 1 atom stereocenters. The minimum absolute atomic E-state index is 0.642. The van der Waals surface area contributed by atoms with Crippen molar-refractivity contribution in [2.45, 2.75) is 32.2 Å². The topological polar surface area (TPSA) is 29.9 Å². The minimum atomic E-state index is 0.642. The van der Waals surface area contributed by atoms with Gasteiger partial charge in [-0.3, -0.25) is 4.68 Å². The normalized spacial score (nSPS) is 16.9. The molecule has 0 aliphatic heterocycles. The Labute approximate surface area is 124 Å². The summed E-state index contributed by atoms with van der Waals surface area (Å²) in [5.41, 5.74) is 5.05. The lowest BCUT2D eigenvalue weighted by atomic mass is 9.77. The van der Waals surface area contributed by atoms with Crippen LogP contribution in [0.5, 0.6) is 0 Å². The second-order valence-electron chi connectivity index (χ2n) is 5.42. The monoisotopic (exact) mass is 289 g/mol. The molecule has 4 heteroatoms. The van der Waals surface area contributed by atoms with Gasteiger partial charge in [-0.2, -0.15) is 5.10 Å². The van der Waals surface area contributed by atoms with Crippen LogP contribution in [-0.4, -0.2) is 16.3 Å². The van der Waals surface area contributed by atoms with Gasteiger partial charge in [0, 0.05) is 26.1 Å². The van der Waals surface area contributed by atoms with Gasteiger partial charge in [0.2, 0.25) is 0 Å². The van der Waals surface area contributed by atoms with Crippen LogP contribution in [0.15, 0.2) is 24.3 Å². The molecule has 3 nitrogen and oxygen atoms in total. The first-order chi connectivity index (χ1) is 9.70. The van der Waals surface area contributed by atoms with E-state index in [4.69, 9.17) is 11.6 Å². The van der Waals surface area contributed by atoms with Crippen molar-refractivity contribution < 1.29 is 0 Å². The van der Waals surface area contributed by atoms with Gasteiger partial charge in [-0.1, -0.05) is 42.8 Å². The fourth-order valence-corrected chi connectivity index (χ4v) is 3.28. The van der Waals surface area contributed by atoms with Crippen LogP contribution in [0.4, 0.5) is 0 Å². The lowest BCUT2D eigenvalue weighted by Crippen LogP contribution is -2.29. The number of nitrogens with zero attached hydrogens (tertiary/aromatic N) is 2. The van der Waals surface area contributed by atoms with E-state index >= 15 is 0 Å².